The summed E-state index contributed by atoms with van der Waals surface area (Å²) in [6, 6.07) is 19.5. The molecule has 140 valence electrons. The van der Waals surface area contributed by atoms with Gasteiger partial charge >= 0.3 is 0 Å². The average molecular weight is 367 g/mol. The van der Waals surface area contributed by atoms with Gasteiger partial charge in [-0.2, -0.15) is 0 Å². The summed E-state index contributed by atoms with van der Waals surface area (Å²) >= 11 is 0. The first-order chi connectivity index (χ1) is 13.8. The van der Waals surface area contributed by atoms with Gasteiger partial charge in [0.15, 0.2) is 5.82 Å². The van der Waals surface area contributed by atoms with Crippen molar-refractivity contribution in [1.82, 2.24) is 9.97 Å². The van der Waals surface area contributed by atoms with E-state index in [4.69, 9.17) is 5.73 Å². The predicted molar refractivity (Wildman–Crippen MR) is 116 cm³/mol. The number of nitrogens with zero attached hydrogens (tertiary/aromatic N) is 2. The zero-order valence-corrected chi connectivity index (χ0v) is 16.1. The molecule has 0 amide bonds. The maximum absolute atomic E-state index is 6.25. The number of hydrogen-bond acceptors (Lipinski definition) is 3. The van der Waals surface area contributed by atoms with Crippen LogP contribution in [0.25, 0.3) is 21.8 Å². The second-order valence-electron chi connectivity index (χ2n) is 8.06. The van der Waals surface area contributed by atoms with E-state index in [1.165, 1.54) is 36.0 Å². The summed E-state index contributed by atoms with van der Waals surface area (Å²) in [4.78, 5) is 9.29. The van der Waals surface area contributed by atoms with Crippen LogP contribution in [0.2, 0.25) is 0 Å². The maximum Gasteiger partial charge on any atom is 0.150 e. The van der Waals surface area contributed by atoms with Crippen molar-refractivity contribution in [2.24, 2.45) is 5.92 Å². The number of anilines is 1. The molecule has 2 aromatic heterocycles. The highest BCUT2D eigenvalue weighted by Gasteiger charge is 2.20. The van der Waals surface area contributed by atoms with Gasteiger partial charge in [0.05, 0.1) is 5.52 Å². The second-order valence-corrected chi connectivity index (χ2v) is 8.06. The van der Waals surface area contributed by atoms with Gasteiger partial charge in [-0.15, -0.1) is 0 Å². The summed E-state index contributed by atoms with van der Waals surface area (Å²) in [6.45, 7) is 0. The predicted octanol–water partition coefficient (Wildman–Crippen LogP) is 5.49. The van der Waals surface area contributed by atoms with Crippen molar-refractivity contribution >= 4 is 27.6 Å². The first-order valence-corrected chi connectivity index (χ1v) is 10.3. The first kappa shape index (κ1) is 17.2. The Morgan fingerprint density at radius 3 is 2.46 bits per heavy atom. The van der Waals surface area contributed by atoms with E-state index in [2.05, 4.69) is 64.6 Å². The molecule has 3 nitrogen and oxygen atoms in total. The van der Waals surface area contributed by atoms with Gasteiger partial charge in [0.1, 0.15) is 5.52 Å². The van der Waals surface area contributed by atoms with E-state index in [1.807, 2.05) is 6.20 Å². The van der Waals surface area contributed by atoms with Crippen LogP contribution in [0.4, 0.5) is 5.82 Å². The molecule has 1 fully saturated rings. The molecule has 4 aromatic rings. The van der Waals surface area contributed by atoms with Crippen LogP contribution in [0.15, 0.2) is 60.8 Å². The van der Waals surface area contributed by atoms with E-state index in [-0.39, 0.29) is 0 Å². The fourth-order valence-corrected chi connectivity index (χ4v) is 4.00. The normalized spacial score (nSPS) is 14.0. The molecule has 1 aliphatic carbocycles. The Morgan fingerprint density at radius 2 is 1.64 bits per heavy atom. The summed E-state index contributed by atoms with van der Waals surface area (Å²) in [5.74, 6) is 1.47. The van der Waals surface area contributed by atoms with E-state index in [9.17, 15) is 0 Å². The van der Waals surface area contributed by atoms with Gasteiger partial charge in [0, 0.05) is 17.0 Å². The van der Waals surface area contributed by atoms with Crippen LogP contribution >= 0.6 is 0 Å². The minimum absolute atomic E-state index is 0.524. The molecule has 1 aliphatic rings. The monoisotopic (exact) mass is 367 g/mol. The van der Waals surface area contributed by atoms with Crippen molar-refractivity contribution in [2.75, 3.05) is 5.73 Å². The second kappa shape index (κ2) is 7.23. The van der Waals surface area contributed by atoms with Crippen LogP contribution in [-0.4, -0.2) is 9.97 Å². The molecule has 2 aromatic carbocycles. The van der Waals surface area contributed by atoms with Gasteiger partial charge in [0.25, 0.3) is 0 Å². The lowest BCUT2D eigenvalue weighted by Gasteiger charge is -2.10. The quantitative estimate of drug-likeness (QED) is 0.458. The van der Waals surface area contributed by atoms with Crippen molar-refractivity contribution in [1.29, 1.82) is 0 Å². The number of aryl methyl sites for hydroxylation is 3. The molecular weight excluding hydrogens is 342 g/mol. The Hall–Kier alpha value is -2.94. The van der Waals surface area contributed by atoms with Gasteiger partial charge < -0.3 is 5.73 Å². The number of hydrogen-bond donors (Lipinski definition) is 1. The van der Waals surface area contributed by atoms with Gasteiger partial charge in [-0.1, -0.05) is 55.3 Å². The Bertz CT molecular complexity index is 1130. The SMILES string of the molecule is Nc1nc2cc(CCC3CC3)ccc2c2cc(CCc3ccccc3)cnc12. The Morgan fingerprint density at radius 1 is 0.821 bits per heavy atom. The highest BCUT2D eigenvalue weighted by atomic mass is 14.9. The van der Waals surface area contributed by atoms with Crippen LogP contribution in [-0.2, 0) is 19.3 Å². The minimum Gasteiger partial charge on any atom is -0.382 e. The molecular formula is C25H25N3. The van der Waals surface area contributed by atoms with Crippen LogP contribution in [0.1, 0.15) is 36.0 Å². The summed E-state index contributed by atoms with van der Waals surface area (Å²) < 4.78 is 0. The molecule has 0 unspecified atom stereocenters. The fraction of sp³-hybridized carbons (Fsp3) is 0.280. The molecule has 0 bridgehead atoms. The molecule has 3 heteroatoms. The number of fused-ring (bicyclic) bond motifs is 3. The van der Waals surface area contributed by atoms with Gasteiger partial charge in [-0.05, 0) is 60.4 Å². The van der Waals surface area contributed by atoms with Crippen LogP contribution in [0.3, 0.4) is 0 Å². The number of rotatable bonds is 6. The Kier molecular flexibility index (Phi) is 4.44. The van der Waals surface area contributed by atoms with Crippen molar-refractivity contribution in [3.8, 4) is 0 Å². The van der Waals surface area contributed by atoms with Crippen molar-refractivity contribution in [3.63, 3.8) is 0 Å². The largest absolute Gasteiger partial charge is 0.382 e. The zero-order valence-electron chi connectivity index (χ0n) is 16.1. The lowest BCUT2D eigenvalue weighted by atomic mass is 10.0. The first-order valence-electron chi connectivity index (χ1n) is 10.3. The standard InChI is InChI=1S/C25H25N3/c26-25-24-22(14-20(16-27-24)11-9-17-4-2-1-3-5-17)21-13-12-19(15-23(21)28-25)10-8-18-6-7-18/h1-5,12-16,18H,6-11H2,(H2,26,28). The van der Waals surface area contributed by atoms with Crippen LogP contribution in [0, 0.1) is 5.92 Å². The number of aromatic nitrogens is 2. The smallest absolute Gasteiger partial charge is 0.150 e. The number of nitrogens with two attached hydrogens (primary N) is 1. The summed E-state index contributed by atoms with van der Waals surface area (Å²) in [7, 11) is 0. The number of pyridine rings is 2. The van der Waals surface area contributed by atoms with Gasteiger partial charge in [-0.25, -0.2) is 4.98 Å². The molecule has 1 saturated carbocycles. The number of nitrogen functional groups attached to an aromatic ring is 1. The maximum atomic E-state index is 6.25. The number of benzene rings is 2. The van der Waals surface area contributed by atoms with Crippen molar-refractivity contribution < 1.29 is 0 Å². The topological polar surface area (TPSA) is 51.8 Å². The fourth-order valence-electron chi connectivity index (χ4n) is 4.00. The third-order valence-electron chi connectivity index (χ3n) is 5.86. The highest BCUT2D eigenvalue weighted by Crippen LogP contribution is 2.34. The van der Waals surface area contributed by atoms with Gasteiger partial charge in [0.2, 0.25) is 0 Å². The minimum atomic E-state index is 0.524. The van der Waals surface area contributed by atoms with Crippen LogP contribution in [0.5, 0.6) is 0 Å². The average Bonchev–Trinajstić information content (AvgIpc) is 3.56. The molecule has 5 rings (SSSR count). The van der Waals surface area contributed by atoms with E-state index in [0.29, 0.717) is 5.82 Å². The van der Waals surface area contributed by atoms with E-state index in [1.54, 1.807) is 0 Å². The Labute approximate surface area is 165 Å². The van der Waals surface area contributed by atoms with E-state index >= 15 is 0 Å². The molecule has 0 aliphatic heterocycles. The molecule has 0 saturated heterocycles. The van der Waals surface area contributed by atoms with Crippen molar-refractivity contribution in [2.45, 2.75) is 38.5 Å². The summed E-state index contributed by atoms with van der Waals surface area (Å²) in [5.41, 5.74) is 12.0. The van der Waals surface area contributed by atoms with E-state index in [0.717, 1.165) is 47.0 Å². The third kappa shape index (κ3) is 3.57. The van der Waals surface area contributed by atoms with Crippen LogP contribution < -0.4 is 5.73 Å². The lowest BCUT2D eigenvalue weighted by Crippen LogP contribution is -1.98. The lowest BCUT2D eigenvalue weighted by molar-refractivity contribution is 0.727. The molecule has 2 N–H and O–H groups in total. The summed E-state index contributed by atoms with van der Waals surface area (Å²) in [5, 5.41) is 2.26. The molecule has 28 heavy (non-hydrogen) atoms. The van der Waals surface area contributed by atoms with Gasteiger partial charge in [-0.3, -0.25) is 4.98 Å². The zero-order chi connectivity index (χ0) is 18.9. The molecule has 0 radical (unpaired) electrons. The molecule has 0 atom stereocenters. The third-order valence-corrected chi connectivity index (χ3v) is 5.86. The molecule has 0 spiro atoms. The van der Waals surface area contributed by atoms with E-state index < -0.39 is 0 Å². The molecule has 2 heterocycles. The van der Waals surface area contributed by atoms with Crippen molar-refractivity contribution in [3.05, 3.63) is 77.5 Å². The summed E-state index contributed by atoms with van der Waals surface area (Å²) in [6.07, 6.45) is 9.16. The highest BCUT2D eigenvalue weighted by molar-refractivity contribution is 6.08. The Balaban J connectivity index is 1.47.